The minimum absolute atomic E-state index is 0.0541. The summed E-state index contributed by atoms with van der Waals surface area (Å²) in [6.45, 7) is 10.1. The zero-order chi connectivity index (χ0) is 23.9. The first-order valence-corrected chi connectivity index (χ1v) is 12.7. The van der Waals surface area contributed by atoms with Gasteiger partial charge in [-0.05, 0) is 82.2 Å². The van der Waals surface area contributed by atoms with Crippen molar-refractivity contribution < 1.29 is 9.59 Å². The van der Waals surface area contributed by atoms with Gasteiger partial charge in [0, 0.05) is 6.20 Å². The van der Waals surface area contributed by atoms with Crippen molar-refractivity contribution in [3.05, 3.63) is 48.2 Å². The number of piperidine rings is 1. The monoisotopic (exact) mass is 463 g/mol. The summed E-state index contributed by atoms with van der Waals surface area (Å²) in [5.41, 5.74) is 1.71. The summed E-state index contributed by atoms with van der Waals surface area (Å²) in [7, 11) is 0. The Morgan fingerprint density at radius 2 is 1.85 bits per heavy atom. The van der Waals surface area contributed by atoms with Crippen molar-refractivity contribution in [1.82, 2.24) is 14.8 Å². The summed E-state index contributed by atoms with van der Waals surface area (Å²) < 4.78 is 0. The number of nitrogens with zero attached hydrogens (tertiary/aromatic N) is 4. The van der Waals surface area contributed by atoms with Crippen LogP contribution in [-0.4, -0.2) is 65.9 Å². The van der Waals surface area contributed by atoms with Gasteiger partial charge in [-0.2, -0.15) is 0 Å². The first-order valence-electron chi connectivity index (χ1n) is 12.7. The third kappa shape index (κ3) is 5.65. The first kappa shape index (κ1) is 24.4. The molecule has 2 aromatic rings. The van der Waals surface area contributed by atoms with Crippen LogP contribution in [0.25, 0.3) is 0 Å². The number of para-hydroxylation sites is 2. The highest BCUT2D eigenvalue weighted by Crippen LogP contribution is 2.36. The molecular weight excluding hydrogens is 426 g/mol. The zero-order valence-electron chi connectivity index (χ0n) is 20.5. The van der Waals surface area contributed by atoms with Gasteiger partial charge in [0.25, 0.3) is 5.91 Å². The Kier molecular flexibility index (Phi) is 8.29. The number of benzene rings is 1. The predicted molar refractivity (Wildman–Crippen MR) is 137 cm³/mol. The number of carbonyl (C=O) groups is 2. The lowest BCUT2D eigenvalue weighted by Crippen LogP contribution is -2.42. The van der Waals surface area contributed by atoms with E-state index in [1.165, 1.54) is 25.8 Å². The highest BCUT2D eigenvalue weighted by Gasteiger charge is 2.31. The molecule has 3 heterocycles. The van der Waals surface area contributed by atoms with Gasteiger partial charge in [0.1, 0.15) is 0 Å². The van der Waals surface area contributed by atoms with Gasteiger partial charge in [0.15, 0.2) is 5.82 Å². The molecule has 2 amide bonds. The van der Waals surface area contributed by atoms with Gasteiger partial charge in [-0.3, -0.25) is 19.4 Å². The molecule has 2 aliphatic heterocycles. The SMILES string of the molecule is CCN(CC)CCCCC1CCN(CC(=O)N2c3ccccc3NC(=O)c3cccnc32)CC1. The molecule has 0 radical (unpaired) electrons. The third-order valence-corrected chi connectivity index (χ3v) is 7.18. The fourth-order valence-corrected chi connectivity index (χ4v) is 5.09. The molecule has 0 atom stereocenters. The summed E-state index contributed by atoms with van der Waals surface area (Å²) in [5.74, 6) is 0.860. The summed E-state index contributed by atoms with van der Waals surface area (Å²) >= 11 is 0. The average molecular weight is 464 g/mol. The largest absolute Gasteiger partial charge is 0.320 e. The van der Waals surface area contributed by atoms with Crippen LogP contribution < -0.4 is 10.2 Å². The van der Waals surface area contributed by atoms with Crippen molar-refractivity contribution in [3.8, 4) is 0 Å². The fourth-order valence-electron chi connectivity index (χ4n) is 5.09. The lowest BCUT2D eigenvalue weighted by Gasteiger charge is -2.33. The maximum absolute atomic E-state index is 13.6. The highest BCUT2D eigenvalue weighted by atomic mass is 16.2. The quantitative estimate of drug-likeness (QED) is 0.553. The molecule has 0 bridgehead atoms. The van der Waals surface area contributed by atoms with Crippen molar-refractivity contribution in [3.63, 3.8) is 0 Å². The number of fused-ring (bicyclic) bond motifs is 2. The summed E-state index contributed by atoms with van der Waals surface area (Å²) in [4.78, 5) is 37.1. The van der Waals surface area contributed by atoms with Crippen LogP contribution >= 0.6 is 0 Å². The molecule has 0 unspecified atom stereocenters. The second-order valence-electron chi connectivity index (χ2n) is 9.32. The van der Waals surface area contributed by atoms with Crippen molar-refractivity contribution in [2.45, 2.75) is 46.0 Å². The van der Waals surface area contributed by atoms with E-state index in [0.29, 0.717) is 29.3 Å². The Morgan fingerprint density at radius 3 is 2.62 bits per heavy atom. The van der Waals surface area contributed by atoms with Crippen molar-refractivity contribution >= 4 is 29.0 Å². The van der Waals surface area contributed by atoms with E-state index in [4.69, 9.17) is 0 Å². The van der Waals surface area contributed by atoms with Gasteiger partial charge in [-0.25, -0.2) is 4.98 Å². The molecule has 1 saturated heterocycles. The van der Waals surface area contributed by atoms with Crippen LogP contribution in [0.2, 0.25) is 0 Å². The smallest absolute Gasteiger partial charge is 0.259 e. The molecule has 7 heteroatoms. The van der Waals surface area contributed by atoms with E-state index in [9.17, 15) is 9.59 Å². The number of nitrogens with one attached hydrogen (secondary N) is 1. The van der Waals surface area contributed by atoms with E-state index in [1.807, 2.05) is 24.3 Å². The Bertz CT molecular complexity index is 982. The third-order valence-electron chi connectivity index (χ3n) is 7.18. The van der Waals surface area contributed by atoms with Crippen molar-refractivity contribution in [2.24, 2.45) is 5.92 Å². The van der Waals surface area contributed by atoms with Gasteiger partial charge in [0.2, 0.25) is 5.91 Å². The molecule has 1 N–H and O–H groups in total. The minimum atomic E-state index is -0.243. The van der Waals surface area contributed by atoms with Crippen molar-refractivity contribution in [2.75, 3.05) is 49.5 Å². The van der Waals surface area contributed by atoms with Crippen LogP contribution in [0.5, 0.6) is 0 Å². The van der Waals surface area contributed by atoms with Crippen LogP contribution in [0.3, 0.4) is 0 Å². The molecular formula is C27H37N5O2. The van der Waals surface area contributed by atoms with E-state index < -0.39 is 0 Å². The van der Waals surface area contributed by atoms with Crippen LogP contribution in [-0.2, 0) is 4.79 Å². The fraction of sp³-hybridized carbons (Fsp3) is 0.519. The molecule has 0 saturated carbocycles. The van der Waals surface area contributed by atoms with E-state index in [-0.39, 0.29) is 11.8 Å². The molecule has 7 nitrogen and oxygen atoms in total. The number of pyridine rings is 1. The first-order chi connectivity index (χ1) is 16.6. The van der Waals surface area contributed by atoms with E-state index in [1.54, 1.807) is 23.2 Å². The number of hydrogen-bond donors (Lipinski definition) is 1. The molecule has 182 valence electrons. The Labute approximate surface area is 203 Å². The standard InChI is InChI=1S/C27H37N5O2/c1-3-30(4-2)17-8-7-10-21-14-18-31(19-15-21)20-25(33)32-24-13-6-5-12-23(24)29-27(34)22-11-9-16-28-26(22)32/h5-6,9,11-13,16,21H,3-4,7-8,10,14-15,17-20H2,1-2H3,(H,29,34). The molecule has 0 aliphatic carbocycles. The Balaban J connectivity index is 1.36. The van der Waals surface area contributed by atoms with Gasteiger partial charge >= 0.3 is 0 Å². The van der Waals surface area contributed by atoms with Gasteiger partial charge in [-0.1, -0.05) is 38.8 Å². The van der Waals surface area contributed by atoms with Crippen LogP contribution in [0, 0.1) is 5.92 Å². The van der Waals surface area contributed by atoms with E-state index in [0.717, 1.165) is 44.9 Å². The average Bonchev–Trinajstić information content (AvgIpc) is 2.99. The Hall–Kier alpha value is -2.77. The van der Waals surface area contributed by atoms with Gasteiger partial charge < -0.3 is 10.2 Å². The van der Waals surface area contributed by atoms with Crippen LogP contribution in [0.4, 0.5) is 17.2 Å². The summed E-state index contributed by atoms with van der Waals surface area (Å²) in [6, 6.07) is 10.9. The normalized spacial score (nSPS) is 16.7. The second kappa shape index (κ2) is 11.6. The van der Waals surface area contributed by atoms with Gasteiger partial charge in [-0.15, -0.1) is 0 Å². The van der Waals surface area contributed by atoms with Crippen molar-refractivity contribution in [1.29, 1.82) is 0 Å². The molecule has 0 spiro atoms. The lowest BCUT2D eigenvalue weighted by molar-refractivity contribution is -0.119. The lowest BCUT2D eigenvalue weighted by atomic mass is 9.91. The number of aromatic nitrogens is 1. The van der Waals surface area contributed by atoms with E-state index in [2.05, 4.69) is 33.9 Å². The Morgan fingerprint density at radius 1 is 1.09 bits per heavy atom. The minimum Gasteiger partial charge on any atom is -0.320 e. The number of anilines is 3. The maximum atomic E-state index is 13.6. The molecule has 34 heavy (non-hydrogen) atoms. The predicted octanol–water partition coefficient (Wildman–Crippen LogP) is 4.54. The molecule has 1 aromatic carbocycles. The summed E-state index contributed by atoms with van der Waals surface area (Å²) in [5, 5.41) is 2.92. The van der Waals surface area contributed by atoms with Crippen LogP contribution in [0.15, 0.2) is 42.6 Å². The number of likely N-dealkylation sites (tertiary alicyclic amines) is 1. The van der Waals surface area contributed by atoms with Gasteiger partial charge in [0.05, 0.1) is 23.5 Å². The topological polar surface area (TPSA) is 68.8 Å². The molecule has 2 aliphatic rings. The summed E-state index contributed by atoms with van der Waals surface area (Å²) in [6.07, 6.45) is 7.76. The number of carbonyl (C=O) groups excluding carboxylic acids is 2. The number of rotatable bonds is 9. The van der Waals surface area contributed by atoms with E-state index >= 15 is 0 Å². The maximum Gasteiger partial charge on any atom is 0.259 e. The second-order valence-corrected chi connectivity index (χ2v) is 9.32. The molecule has 1 fully saturated rings. The van der Waals surface area contributed by atoms with Crippen LogP contribution in [0.1, 0.15) is 56.3 Å². The number of unbranched alkanes of at least 4 members (excludes halogenated alkanes) is 1. The number of hydrogen-bond acceptors (Lipinski definition) is 5. The molecule has 1 aromatic heterocycles. The molecule has 4 rings (SSSR count). The number of amides is 2. The highest BCUT2D eigenvalue weighted by molar-refractivity contribution is 6.17. The zero-order valence-corrected chi connectivity index (χ0v) is 20.5.